The van der Waals surface area contributed by atoms with Crippen LogP contribution in [0.3, 0.4) is 0 Å². The molecule has 0 bridgehead atoms. The highest BCUT2D eigenvalue weighted by Crippen LogP contribution is 2.12. The summed E-state index contributed by atoms with van der Waals surface area (Å²) in [5, 5.41) is 2.73. The van der Waals surface area contributed by atoms with E-state index in [0.29, 0.717) is 6.54 Å². The molecular formula is C8H6NO. The Morgan fingerprint density at radius 2 is 2.50 bits per heavy atom. The van der Waals surface area contributed by atoms with Crippen molar-refractivity contribution in [3.05, 3.63) is 35.4 Å². The monoisotopic (exact) mass is 132 g/mol. The third kappa shape index (κ3) is 0.620. The van der Waals surface area contributed by atoms with Crippen LogP contribution in [0, 0.1) is 6.07 Å². The molecule has 0 spiro atoms. The molecule has 2 nitrogen and oxygen atoms in total. The molecule has 49 valence electrons. The van der Waals surface area contributed by atoms with Crippen molar-refractivity contribution in [2.75, 3.05) is 0 Å². The van der Waals surface area contributed by atoms with E-state index in [1.807, 2.05) is 6.07 Å². The van der Waals surface area contributed by atoms with Crippen molar-refractivity contribution in [3.63, 3.8) is 0 Å². The second-order valence-electron chi connectivity index (χ2n) is 2.27. The summed E-state index contributed by atoms with van der Waals surface area (Å²) >= 11 is 0. The highest BCUT2D eigenvalue weighted by Gasteiger charge is 2.16. The number of carbonyl (C=O) groups excluding carboxylic acids is 1. The number of fused-ring (bicyclic) bond motifs is 1. The Morgan fingerprint density at radius 3 is 3.30 bits per heavy atom. The van der Waals surface area contributed by atoms with Gasteiger partial charge in [0.1, 0.15) is 0 Å². The maximum atomic E-state index is 10.9. The Morgan fingerprint density at radius 1 is 1.60 bits per heavy atom. The normalized spacial score (nSPS) is 14.6. The molecule has 2 heteroatoms. The first kappa shape index (κ1) is 5.47. The first-order valence-corrected chi connectivity index (χ1v) is 3.15. The van der Waals surface area contributed by atoms with Crippen LogP contribution >= 0.6 is 0 Å². The quantitative estimate of drug-likeness (QED) is 0.554. The molecule has 0 unspecified atom stereocenters. The highest BCUT2D eigenvalue weighted by molar-refractivity contribution is 5.98. The van der Waals surface area contributed by atoms with Crippen LogP contribution in [0.5, 0.6) is 0 Å². The highest BCUT2D eigenvalue weighted by atomic mass is 16.1. The van der Waals surface area contributed by atoms with E-state index in [4.69, 9.17) is 0 Å². The minimum Gasteiger partial charge on any atom is -0.348 e. The summed E-state index contributed by atoms with van der Waals surface area (Å²) in [6.07, 6.45) is 0. The molecule has 1 aromatic carbocycles. The summed E-state index contributed by atoms with van der Waals surface area (Å²) in [5.74, 6) is 0.0315. The Kier molecular flexibility index (Phi) is 1.01. The minimum absolute atomic E-state index is 0.0315. The zero-order chi connectivity index (χ0) is 6.97. The predicted molar refractivity (Wildman–Crippen MR) is 36.4 cm³/mol. The zero-order valence-electron chi connectivity index (χ0n) is 5.35. The Balaban J connectivity index is 2.61. The van der Waals surface area contributed by atoms with Crippen molar-refractivity contribution in [1.82, 2.24) is 5.32 Å². The second-order valence-corrected chi connectivity index (χ2v) is 2.27. The minimum atomic E-state index is 0.0315. The van der Waals surface area contributed by atoms with Gasteiger partial charge in [-0.25, -0.2) is 0 Å². The zero-order valence-corrected chi connectivity index (χ0v) is 5.35. The SMILES string of the molecule is O=C1NCc2c[c]ccc21. The van der Waals surface area contributed by atoms with Gasteiger partial charge in [-0.1, -0.05) is 6.07 Å². The summed E-state index contributed by atoms with van der Waals surface area (Å²) in [6, 6.07) is 8.30. The molecular weight excluding hydrogens is 126 g/mol. The largest absolute Gasteiger partial charge is 0.348 e. The predicted octanol–water partition coefficient (Wildman–Crippen LogP) is 0.730. The van der Waals surface area contributed by atoms with E-state index in [1.165, 1.54) is 0 Å². The molecule has 0 atom stereocenters. The van der Waals surface area contributed by atoms with E-state index < -0.39 is 0 Å². The average molecular weight is 132 g/mol. The van der Waals surface area contributed by atoms with Gasteiger partial charge in [0, 0.05) is 12.1 Å². The first-order chi connectivity index (χ1) is 4.88. The molecule has 1 aromatic rings. The fourth-order valence-corrected chi connectivity index (χ4v) is 1.10. The van der Waals surface area contributed by atoms with Gasteiger partial charge in [0.2, 0.25) is 0 Å². The molecule has 1 aliphatic heterocycles. The van der Waals surface area contributed by atoms with Gasteiger partial charge in [0.05, 0.1) is 0 Å². The summed E-state index contributed by atoms with van der Waals surface area (Å²) in [4.78, 5) is 10.9. The molecule has 10 heavy (non-hydrogen) atoms. The van der Waals surface area contributed by atoms with Crippen LogP contribution in [-0.4, -0.2) is 5.91 Å². The van der Waals surface area contributed by atoms with Crippen molar-refractivity contribution in [2.45, 2.75) is 6.54 Å². The molecule has 0 aliphatic carbocycles. The maximum absolute atomic E-state index is 10.9. The lowest BCUT2D eigenvalue weighted by Gasteiger charge is -1.89. The molecule has 1 radical (unpaired) electrons. The van der Waals surface area contributed by atoms with Crippen LogP contribution in [0.15, 0.2) is 18.2 Å². The molecule has 0 saturated carbocycles. The fraction of sp³-hybridized carbons (Fsp3) is 0.125. The first-order valence-electron chi connectivity index (χ1n) is 3.15. The number of carbonyl (C=O) groups is 1. The van der Waals surface area contributed by atoms with Crippen molar-refractivity contribution in [3.8, 4) is 0 Å². The van der Waals surface area contributed by atoms with Gasteiger partial charge >= 0.3 is 0 Å². The van der Waals surface area contributed by atoms with Gasteiger partial charge in [-0.05, 0) is 23.8 Å². The van der Waals surface area contributed by atoms with Crippen molar-refractivity contribution in [2.24, 2.45) is 0 Å². The molecule has 1 heterocycles. The lowest BCUT2D eigenvalue weighted by atomic mass is 10.1. The summed E-state index contributed by atoms with van der Waals surface area (Å²) in [6.45, 7) is 0.658. The molecule has 2 rings (SSSR count). The third-order valence-corrected chi connectivity index (χ3v) is 1.63. The third-order valence-electron chi connectivity index (χ3n) is 1.63. The van der Waals surface area contributed by atoms with E-state index in [-0.39, 0.29) is 5.91 Å². The summed E-state index contributed by atoms with van der Waals surface area (Å²) in [7, 11) is 0. The molecule has 1 aliphatic rings. The molecule has 1 amide bonds. The molecule has 0 aromatic heterocycles. The van der Waals surface area contributed by atoms with Crippen LogP contribution in [0.4, 0.5) is 0 Å². The van der Waals surface area contributed by atoms with Gasteiger partial charge in [-0.3, -0.25) is 4.79 Å². The Hall–Kier alpha value is -1.31. The van der Waals surface area contributed by atoms with Gasteiger partial charge in [0.25, 0.3) is 5.91 Å². The number of hydrogen-bond acceptors (Lipinski definition) is 1. The van der Waals surface area contributed by atoms with E-state index in [0.717, 1.165) is 11.1 Å². The standard InChI is InChI=1S/C8H6NO/c10-8-7-4-2-1-3-6(7)5-9-8/h2-4H,5H2,(H,9,10). The van der Waals surface area contributed by atoms with Gasteiger partial charge in [0.15, 0.2) is 0 Å². The number of rotatable bonds is 0. The lowest BCUT2D eigenvalue weighted by molar-refractivity contribution is 0.0966. The van der Waals surface area contributed by atoms with Crippen LogP contribution in [0.25, 0.3) is 0 Å². The molecule has 0 saturated heterocycles. The lowest BCUT2D eigenvalue weighted by Crippen LogP contribution is -2.12. The van der Waals surface area contributed by atoms with Crippen molar-refractivity contribution in [1.29, 1.82) is 0 Å². The number of amides is 1. The van der Waals surface area contributed by atoms with Crippen molar-refractivity contribution >= 4 is 5.91 Å². The summed E-state index contributed by atoms with van der Waals surface area (Å²) in [5.41, 5.74) is 1.84. The van der Waals surface area contributed by atoms with Crippen LogP contribution in [-0.2, 0) is 6.54 Å². The Labute approximate surface area is 58.9 Å². The van der Waals surface area contributed by atoms with E-state index in [9.17, 15) is 4.79 Å². The molecule has 1 N–H and O–H groups in total. The smallest absolute Gasteiger partial charge is 0.251 e. The fourth-order valence-electron chi connectivity index (χ4n) is 1.10. The van der Waals surface area contributed by atoms with Gasteiger partial charge < -0.3 is 5.32 Å². The molecule has 0 fully saturated rings. The van der Waals surface area contributed by atoms with Gasteiger partial charge in [-0.15, -0.1) is 0 Å². The number of nitrogens with one attached hydrogen (secondary N) is 1. The van der Waals surface area contributed by atoms with E-state index in [1.54, 1.807) is 12.1 Å². The van der Waals surface area contributed by atoms with Crippen molar-refractivity contribution < 1.29 is 4.79 Å². The van der Waals surface area contributed by atoms with E-state index >= 15 is 0 Å². The summed E-state index contributed by atoms with van der Waals surface area (Å²) < 4.78 is 0. The number of benzene rings is 1. The van der Waals surface area contributed by atoms with E-state index in [2.05, 4.69) is 11.4 Å². The Bertz CT molecular complexity index is 280. The van der Waals surface area contributed by atoms with Crippen LogP contribution < -0.4 is 5.32 Å². The van der Waals surface area contributed by atoms with Crippen LogP contribution in [0.2, 0.25) is 0 Å². The van der Waals surface area contributed by atoms with Crippen LogP contribution in [0.1, 0.15) is 15.9 Å². The topological polar surface area (TPSA) is 29.1 Å². The van der Waals surface area contributed by atoms with Gasteiger partial charge in [-0.2, -0.15) is 0 Å². The maximum Gasteiger partial charge on any atom is 0.251 e. The second kappa shape index (κ2) is 1.84. The average Bonchev–Trinajstić information content (AvgIpc) is 2.34. The number of hydrogen-bond donors (Lipinski definition) is 1.